The highest BCUT2D eigenvalue weighted by Gasteiger charge is 2.32. The summed E-state index contributed by atoms with van der Waals surface area (Å²) < 4.78 is 83.9. The van der Waals surface area contributed by atoms with Crippen LogP contribution in [0.15, 0.2) is 41.5 Å². The van der Waals surface area contributed by atoms with Gasteiger partial charge in [0.1, 0.15) is 22.9 Å². The van der Waals surface area contributed by atoms with Gasteiger partial charge in [-0.3, -0.25) is 14.8 Å². The van der Waals surface area contributed by atoms with Crippen LogP contribution in [-0.4, -0.2) is 40.9 Å². The van der Waals surface area contributed by atoms with Crippen LogP contribution in [0.25, 0.3) is 11.4 Å². The van der Waals surface area contributed by atoms with Crippen LogP contribution in [0.3, 0.4) is 0 Å². The van der Waals surface area contributed by atoms with Gasteiger partial charge in [-0.25, -0.2) is 22.5 Å². The minimum atomic E-state index is -4.57. The van der Waals surface area contributed by atoms with Crippen molar-refractivity contribution >= 4 is 0 Å². The maximum atomic E-state index is 14.6. The van der Waals surface area contributed by atoms with Gasteiger partial charge in [0.2, 0.25) is 0 Å². The van der Waals surface area contributed by atoms with Crippen LogP contribution in [0, 0.1) is 12.7 Å². The van der Waals surface area contributed by atoms with Crippen molar-refractivity contribution in [3.8, 4) is 11.4 Å². The highest BCUT2D eigenvalue weighted by atomic mass is 19.4. The Balaban J connectivity index is 1.55. The SMILES string of the molecule is Cc1cccc(F)c1C1CCC(c2cc(-c3nnn(C)c3C(F)F)nn(Cc3nccnc3CC(F)(F)F)c2=O)CC1. The fraction of sp³-hybridized carbons (Fsp3) is 0.429. The third-order valence-corrected chi connectivity index (χ3v) is 7.70. The van der Waals surface area contributed by atoms with E-state index in [1.165, 1.54) is 25.4 Å². The van der Waals surface area contributed by atoms with Gasteiger partial charge in [0.25, 0.3) is 12.0 Å². The molecule has 0 bridgehead atoms. The Morgan fingerprint density at radius 2 is 1.69 bits per heavy atom. The van der Waals surface area contributed by atoms with E-state index in [4.69, 9.17) is 0 Å². The van der Waals surface area contributed by atoms with E-state index in [-0.39, 0.29) is 46.0 Å². The number of aromatic nitrogens is 7. The molecule has 42 heavy (non-hydrogen) atoms. The molecule has 3 aromatic heterocycles. The summed E-state index contributed by atoms with van der Waals surface area (Å²) in [5, 5.41) is 11.8. The summed E-state index contributed by atoms with van der Waals surface area (Å²) in [6.07, 6.45) is -4.40. The molecule has 0 amide bonds. The van der Waals surface area contributed by atoms with E-state index in [2.05, 4.69) is 25.4 Å². The van der Waals surface area contributed by atoms with Gasteiger partial charge in [-0.15, -0.1) is 5.10 Å². The van der Waals surface area contributed by atoms with E-state index < -0.39 is 36.8 Å². The molecule has 0 spiro atoms. The van der Waals surface area contributed by atoms with Crippen molar-refractivity contribution in [3.05, 3.63) is 86.6 Å². The van der Waals surface area contributed by atoms with Crippen LogP contribution in [0.5, 0.6) is 0 Å². The zero-order valence-corrected chi connectivity index (χ0v) is 22.7. The molecule has 222 valence electrons. The average Bonchev–Trinajstić information content (AvgIpc) is 3.32. The smallest absolute Gasteiger partial charge is 0.267 e. The Kier molecular flexibility index (Phi) is 8.15. The summed E-state index contributed by atoms with van der Waals surface area (Å²) in [5.74, 6) is -0.661. The van der Waals surface area contributed by atoms with E-state index >= 15 is 0 Å². The van der Waals surface area contributed by atoms with E-state index in [1.807, 2.05) is 13.0 Å². The second kappa shape index (κ2) is 11.6. The number of halogens is 6. The Morgan fingerprint density at radius 1 is 1.02 bits per heavy atom. The molecule has 0 radical (unpaired) electrons. The van der Waals surface area contributed by atoms with Crippen molar-refractivity contribution in [1.82, 2.24) is 34.7 Å². The first kappa shape index (κ1) is 29.4. The second-order valence-electron chi connectivity index (χ2n) is 10.5. The van der Waals surface area contributed by atoms with Gasteiger partial charge in [-0.05, 0) is 67.7 Å². The zero-order valence-electron chi connectivity index (χ0n) is 22.7. The highest BCUT2D eigenvalue weighted by Crippen LogP contribution is 2.42. The molecule has 0 atom stereocenters. The first-order valence-electron chi connectivity index (χ1n) is 13.3. The van der Waals surface area contributed by atoms with E-state index in [9.17, 15) is 31.1 Å². The number of aryl methyl sites for hydroxylation is 2. The van der Waals surface area contributed by atoms with Gasteiger partial charge >= 0.3 is 6.18 Å². The molecule has 0 N–H and O–H groups in total. The topological polar surface area (TPSA) is 91.4 Å². The van der Waals surface area contributed by atoms with Crippen LogP contribution in [0.1, 0.15) is 77.7 Å². The van der Waals surface area contributed by atoms with Gasteiger partial charge < -0.3 is 0 Å². The standard InChI is InChI=1S/C28H27F6N7O/c1-15-4-3-5-19(29)23(15)17-8-6-16(7-9-17)18-12-20(24-25(26(30)31)40(2)39-37-24)38-41(27(18)42)14-22-21(13-28(32,33)34)35-10-11-36-22/h3-5,10-12,16-17,26H,6-9,13-14H2,1-2H3. The Labute approximate surface area is 236 Å². The number of nitrogens with zero attached hydrogens (tertiary/aromatic N) is 7. The molecule has 0 saturated heterocycles. The lowest BCUT2D eigenvalue weighted by Gasteiger charge is -2.30. The molecule has 1 aromatic carbocycles. The van der Waals surface area contributed by atoms with Crippen LogP contribution in [0.4, 0.5) is 26.3 Å². The third kappa shape index (κ3) is 6.07. The molecule has 5 rings (SSSR count). The maximum absolute atomic E-state index is 14.6. The monoisotopic (exact) mass is 591 g/mol. The van der Waals surface area contributed by atoms with Gasteiger partial charge in [0.05, 0.1) is 24.4 Å². The van der Waals surface area contributed by atoms with E-state index in [0.29, 0.717) is 31.2 Å². The third-order valence-electron chi connectivity index (χ3n) is 7.70. The van der Waals surface area contributed by atoms with Crippen LogP contribution in [0.2, 0.25) is 0 Å². The summed E-state index contributed by atoms with van der Waals surface area (Å²) in [7, 11) is 1.30. The van der Waals surface area contributed by atoms with Gasteiger partial charge in [0, 0.05) is 25.0 Å². The van der Waals surface area contributed by atoms with Crippen LogP contribution < -0.4 is 5.56 Å². The summed E-state index contributed by atoms with van der Waals surface area (Å²) in [6, 6.07) is 6.32. The predicted octanol–water partition coefficient (Wildman–Crippen LogP) is 5.81. The molecular formula is C28H27F6N7O. The van der Waals surface area contributed by atoms with Crippen molar-refractivity contribution in [2.24, 2.45) is 7.05 Å². The largest absolute Gasteiger partial charge is 0.394 e. The maximum Gasteiger partial charge on any atom is 0.394 e. The van der Waals surface area contributed by atoms with E-state index in [0.717, 1.165) is 21.1 Å². The first-order valence-corrected chi connectivity index (χ1v) is 13.3. The molecule has 1 fully saturated rings. The van der Waals surface area contributed by atoms with Gasteiger partial charge in [-0.2, -0.15) is 18.3 Å². The number of benzene rings is 1. The molecule has 8 nitrogen and oxygen atoms in total. The van der Waals surface area contributed by atoms with Crippen LogP contribution >= 0.6 is 0 Å². The molecular weight excluding hydrogens is 564 g/mol. The molecule has 1 aliphatic carbocycles. The minimum Gasteiger partial charge on any atom is -0.267 e. The number of hydrogen-bond donors (Lipinski definition) is 0. The summed E-state index contributed by atoms with van der Waals surface area (Å²) in [5.41, 5.74) is -0.175. The molecule has 3 heterocycles. The minimum absolute atomic E-state index is 0.0547. The second-order valence-corrected chi connectivity index (χ2v) is 10.5. The van der Waals surface area contributed by atoms with Gasteiger partial charge in [-0.1, -0.05) is 17.3 Å². The number of rotatable bonds is 7. The average molecular weight is 592 g/mol. The molecule has 1 saturated carbocycles. The normalized spacial score (nSPS) is 17.6. The Hall–Kier alpha value is -4.10. The van der Waals surface area contributed by atoms with Crippen molar-refractivity contribution in [3.63, 3.8) is 0 Å². The lowest BCUT2D eigenvalue weighted by Crippen LogP contribution is -2.31. The van der Waals surface area contributed by atoms with Crippen molar-refractivity contribution in [2.75, 3.05) is 0 Å². The lowest BCUT2D eigenvalue weighted by atomic mass is 9.75. The van der Waals surface area contributed by atoms with Crippen molar-refractivity contribution < 1.29 is 26.3 Å². The summed E-state index contributed by atoms with van der Waals surface area (Å²) in [6.45, 7) is 1.38. The number of alkyl halides is 5. The molecule has 1 aliphatic rings. The molecule has 0 unspecified atom stereocenters. The van der Waals surface area contributed by atoms with Crippen LogP contribution in [-0.2, 0) is 20.0 Å². The van der Waals surface area contributed by atoms with Crippen molar-refractivity contribution in [1.29, 1.82) is 0 Å². The lowest BCUT2D eigenvalue weighted by molar-refractivity contribution is -0.128. The summed E-state index contributed by atoms with van der Waals surface area (Å²) in [4.78, 5) is 21.5. The Morgan fingerprint density at radius 3 is 2.33 bits per heavy atom. The fourth-order valence-corrected chi connectivity index (χ4v) is 5.73. The predicted molar refractivity (Wildman–Crippen MR) is 139 cm³/mol. The highest BCUT2D eigenvalue weighted by molar-refractivity contribution is 5.57. The Bertz CT molecular complexity index is 1620. The quantitative estimate of drug-likeness (QED) is 0.252. The molecule has 14 heteroatoms. The van der Waals surface area contributed by atoms with Gasteiger partial charge in [0.15, 0.2) is 0 Å². The first-order chi connectivity index (χ1) is 19.9. The van der Waals surface area contributed by atoms with E-state index in [1.54, 1.807) is 6.07 Å². The zero-order chi connectivity index (χ0) is 30.2. The molecule has 4 aromatic rings. The van der Waals surface area contributed by atoms with Crippen molar-refractivity contribution in [2.45, 2.75) is 70.0 Å². The molecule has 0 aliphatic heterocycles. The number of hydrogen-bond acceptors (Lipinski definition) is 6. The summed E-state index contributed by atoms with van der Waals surface area (Å²) >= 11 is 0. The fourth-order valence-electron chi connectivity index (χ4n) is 5.73.